The molecular formula is C14H21NO2. The first-order chi connectivity index (χ1) is 7.93. The molecule has 0 aliphatic rings. The highest BCUT2D eigenvalue weighted by Gasteiger charge is 2.21. The molecule has 1 N–H and O–H groups in total. The fourth-order valence-electron chi connectivity index (χ4n) is 2.27. The number of carbonyl (C=O) groups excluding carboxylic acids is 1. The van der Waals surface area contributed by atoms with Crippen LogP contribution in [0, 0.1) is 20.8 Å². The van der Waals surface area contributed by atoms with Crippen LogP contribution in [-0.2, 0) is 4.79 Å². The maximum Gasteiger partial charge on any atom is 0.151 e. The largest absolute Gasteiger partial charge is 0.496 e. The number of ketones is 1. The molecule has 0 aromatic heterocycles. The minimum Gasteiger partial charge on any atom is -0.496 e. The zero-order valence-electron chi connectivity index (χ0n) is 11.5. The number of benzene rings is 1. The van der Waals surface area contributed by atoms with Crippen molar-refractivity contribution >= 4 is 5.78 Å². The van der Waals surface area contributed by atoms with Crippen molar-refractivity contribution in [2.75, 3.05) is 14.2 Å². The van der Waals surface area contributed by atoms with Crippen molar-refractivity contribution in [1.29, 1.82) is 0 Å². The molecule has 0 aliphatic heterocycles. The Bertz CT molecular complexity index is 438. The Labute approximate surface area is 103 Å². The molecule has 0 fully saturated rings. The second kappa shape index (κ2) is 5.32. The average molecular weight is 235 g/mol. The van der Waals surface area contributed by atoms with Crippen LogP contribution >= 0.6 is 0 Å². The molecule has 1 rings (SSSR count). The number of hydrogen-bond donors (Lipinski definition) is 1. The zero-order valence-corrected chi connectivity index (χ0v) is 11.5. The van der Waals surface area contributed by atoms with E-state index >= 15 is 0 Å². The molecule has 0 spiro atoms. The fourth-order valence-corrected chi connectivity index (χ4v) is 2.27. The number of ether oxygens (including phenoxy) is 1. The molecule has 0 saturated carbocycles. The maximum atomic E-state index is 11.7. The van der Waals surface area contributed by atoms with E-state index in [1.165, 1.54) is 0 Å². The fraction of sp³-hybridized carbons (Fsp3) is 0.500. The molecule has 1 aromatic rings. The molecule has 0 heterocycles. The van der Waals surface area contributed by atoms with Crippen molar-refractivity contribution in [2.45, 2.75) is 33.7 Å². The van der Waals surface area contributed by atoms with E-state index in [9.17, 15) is 4.79 Å². The number of rotatable bonds is 4. The Morgan fingerprint density at radius 3 is 2.29 bits per heavy atom. The van der Waals surface area contributed by atoms with Crippen LogP contribution in [0.3, 0.4) is 0 Å². The monoisotopic (exact) mass is 235 g/mol. The number of carbonyl (C=O) groups is 1. The van der Waals surface area contributed by atoms with Gasteiger partial charge < -0.3 is 10.1 Å². The summed E-state index contributed by atoms with van der Waals surface area (Å²) in [6.07, 6.45) is 0. The van der Waals surface area contributed by atoms with Gasteiger partial charge in [0.1, 0.15) is 5.75 Å². The van der Waals surface area contributed by atoms with Gasteiger partial charge in [0.05, 0.1) is 13.2 Å². The number of hydrogen-bond acceptors (Lipinski definition) is 3. The van der Waals surface area contributed by atoms with E-state index in [1.807, 2.05) is 33.9 Å². The SMILES string of the molecule is CNC(C(C)=O)c1c(C)cc(OC)c(C)c1C. The second-order valence-electron chi connectivity index (χ2n) is 4.39. The predicted molar refractivity (Wildman–Crippen MR) is 69.7 cm³/mol. The van der Waals surface area contributed by atoms with Crippen LogP contribution in [0.2, 0.25) is 0 Å². The van der Waals surface area contributed by atoms with E-state index in [1.54, 1.807) is 14.0 Å². The Morgan fingerprint density at radius 2 is 1.88 bits per heavy atom. The van der Waals surface area contributed by atoms with E-state index < -0.39 is 0 Å². The first kappa shape index (κ1) is 13.7. The topological polar surface area (TPSA) is 38.3 Å². The summed E-state index contributed by atoms with van der Waals surface area (Å²) in [6.45, 7) is 7.68. The normalized spacial score (nSPS) is 12.4. The quantitative estimate of drug-likeness (QED) is 0.871. The Balaban J connectivity index is 3.44. The van der Waals surface area contributed by atoms with Crippen molar-refractivity contribution < 1.29 is 9.53 Å². The van der Waals surface area contributed by atoms with Gasteiger partial charge in [-0.1, -0.05) is 0 Å². The zero-order chi connectivity index (χ0) is 13.2. The van der Waals surface area contributed by atoms with Gasteiger partial charge in [0.15, 0.2) is 5.78 Å². The Kier molecular flexibility index (Phi) is 4.29. The van der Waals surface area contributed by atoms with E-state index in [0.29, 0.717) is 0 Å². The van der Waals surface area contributed by atoms with Crippen LogP contribution < -0.4 is 10.1 Å². The van der Waals surface area contributed by atoms with Crippen molar-refractivity contribution in [3.8, 4) is 5.75 Å². The van der Waals surface area contributed by atoms with Gasteiger partial charge in [-0.2, -0.15) is 0 Å². The second-order valence-corrected chi connectivity index (χ2v) is 4.39. The van der Waals surface area contributed by atoms with E-state index in [0.717, 1.165) is 28.0 Å². The standard InChI is InChI=1S/C14H21NO2/c1-8-7-12(17-6)9(2)10(3)13(8)14(15-5)11(4)16/h7,14-15H,1-6H3. The lowest BCUT2D eigenvalue weighted by Gasteiger charge is -2.21. The van der Waals surface area contributed by atoms with Gasteiger partial charge in [-0.3, -0.25) is 4.79 Å². The molecular weight excluding hydrogens is 214 g/mol. The smallest absolute Gasteiger partial charge is 0.151 e. The number of nitrogens with one attached hydrogen (secondary N) is 1. The number of Topliss-reactive ketones (excluding diaryl/α,β-unsaturated/α-hetero) is 1. The third-order valence-electron chi connectivity index (χ3n) is 3.31. The van der Waals surface area contributed by atoms with Crippen molar-refractivity contribution in [3.63, 3.8) is 0 Å². The van der Waals surface area contributed by atoms with Crippen LogP contribution in [0.4, 0.5) is 0 Å². The molecule has 0 amide bonds. The Morgan fingerprint density at radius 1 is 1.29 bits per heavy atom. The van der Waals surface area contributed by atoms with Crippen LogP contribution in [0.5, 0.6) is 5.75 Å². The van der Waals surface area contributed by atoms with Gasteiger partial charge in [-0.05, 0) is 63.1 Å². The average Bonchev–Trinajstić information content (AvgIpc) is 2.28. The lowest BCUT2D eigenvalue weighted by molar-refractivity contribution is -0.119. The molecule has 1 unspecified atom stereocenters. The highest BCUT2D eigenvalue weighted by atomic mass is 16.5. The van der Waals surface area contributed by atoms with Crippen LogP contribution in [0.25, 0.3) is 0 Å². The van der Waals surface area contributed by atoms with E-state index in [2.05, 4.69) is 5.32 Å². The molecule has 3 nitrogen and oxygen atoms in total. The van der Waals surface area contributed by atoms with Crippen LogP contribution in [-0.4, -0.2) is 19.9 Å². The number of aryl methyl sites for hydroxylation is 1. The minimum atomic E-state index is -0.236. The number of likely N-dealkylation sites (N-methyl/N-ethyl adjacent to an activating group) is 1. The molecule has 94 valence electrons. The van der Waals surface area contributed by atoms with Crippen molar-refractivity contribution in [3.05, 3.63) is 28.3 Å². The third kappa shape index (κ3) is 2.50. The lowest BCUT2D eigenvalue weighted by atomic mass is 9.90. The van der Waals surface area contributed by atoms with Crippen LogP contribution in [0.15, 0.2) is 6.07 Å². The first-order valence-electron chi connectivity index (χ1n) is 5.76. The lowest BCUT2D eigenvalue weighted by Crippen LogP contribution is -2.25. The molecule has 1 atom stereocenters. The summed E-state index contributed by atoms with van der Waals surface area (Å²) in [7, 11) is 3.48. The van der Waals surface area contributed by atoms with Crippen molar-refractivity contribution in [1.82, 2.24) is 5.32 Å². The summed E-state index contributed by atoms with van der Waals surface area (Å²) in [6, 6.07) is 1.75. The maximum absolute atomic E-state index is 11.7. The summed E-state index contributed by atoms with van der Waals surface area (Å²) >= 11 is 0. The summed E-state index contributed by atoms with van der Waals surface area (Å²) in [4.78, 5) is 11.7. The summed E-state index contributed by atoms with van der Waals surface area (Å²) < 4.78 is 5.33. The van der Waals surface area contributed by atoms with Gasteiger partial charge in [-0.25, -0.2) is 0 Å². The molecule has 3 heteroatoms. The van der Waals surface area contributed by atoms with Gasteiger partial charge in [0.25, 0.3) is 0 Å². The van der Waals surface area contributed by atoms with Crippen molar-refractivity contribution in [2.24, 2.45) is 0 Å². The summed E-state index contributed by atoms with van der Waals surface area (Å²) in [5, 5.41) is 3.07. The van der Waals surface area contributed by atoms with Gasteiger partial charge in [0.2, 0.25) is 0 Å². The first-order valence-corrected chi connectivity index (χ1v) is 5.76. The number of methoxy groups -OCH3 is 1. The minimum absolute atomic E-state index is 0.128. The highest BCUT2D eigenvalue weighted by Crippen LogP contribution is 2.31. The summed E-state index contributed by atoms with van der Waals surface area (Å²) in [5.41, 5.74) is 4.36. The molecule has 0 saturated heterocycles. The predicted octanol–water partition coefficient (Wildman–Crippen LogP) is 2.47. The Hall–Kier alpha value is -1.35. The summed E-state index contributed by atoms with van der Waals surface area (Å²) in [5.74, 6) is 1.01. The van der Waals surface area contributed by atoms with E-state index in [-0.39, 0.29) is 11.8 Å². The van der Waals surface area contributed by atoms with E-state index in [4.69, 9.17) is 4.74 Å². The highest BCUT2D eigenvalue weighted by molar-refractivity contribution is 5.84. The van der Waals surface area contributed by atoms with Gasteiger partial charge in [-0.15, -0.1) is 0 Å². The molecule has 0 radical (unpaired) electrons. The molecule has 17 heavy (non-hydrogen) atoms. The van der Waals surface area contributed by atoms with Gasteiger partial charge in [0, 0.05) is 0 Å². The molecule has 0 bridgehead atoms. The molecule has 0 aliphatic carbocycles. The van der Waals surface area contributed by atoms with Gasteiger partial charge >= 0.3 is 0 Å². The molecule has 1 aromatic carbocycles. The van der Waals surface area contributed by atoms with Crippen LogP contribution in [0.1, 0.15) is 35.2 Å². The third-order valence-corrected chi connectivity index (χ3v) is 3.31.